The predicted octanol–water partition coefficient (Wildman–Crippen LogP) is 1.18. The zero-order valence-electron chi connectivity index (χ0n) is 11.9. The van der Waals surface area contributed by atoms with Crippen LogP contribution in [0.15, 0.2) is 0 Å². The summed E-state index contributed by atoms with van der Waals surface area (Å²) in [6.07, 6.45) is 4.23. The number of hydrogen-bond donors (Lipinski definition) is 1. The minimum Gasteiger partial charge on any atom is -0.481 e. The van der Waals surface area contributed by atoms with E-state index < -0.39 is 11.4 Å². The van der Waals surface area contributed by atoms with Gasteiger partial charge < -0.3 is 10.0 Å². The molecule has 19 heavy (non-hydrogen) atoms. The van der Waals surface area contributed by atoms with Crippen LogP contribution in [0.1, 0.15) is 39.0 Å². The highest BCUT2D eigenvalue weighted by Crippen LogP contribution is 2.35. The van der Waals surface area contributed by atoms with E-state index in [1.807, 2.05) is 18.9 Å². The third kappa shape index (κ3) is 3.08. The second-order valence-corrected chi connectivity index (χ2v) is 5.95. The van der Waals surface area contributed by atoms with Gasteiger partial charge in [0.2, 0.25) is 5.91 Å². The fraction of sp³-hybridized carbons (Fsp3) is 0.857. The fourth-order valence-electron chi connectivity index (χ4n) is 2.83. The summed E-state index contributed by atoms with van der Waals surface area (Å²) in [4.78, 5) is 27.3. The highest BCUT2D eigenvalue weighted by atomic mass is 16.4. The molecule has 5 heteroatoms. The van der Waals surface area contributed by atoms with Gasteiger partial charge in [0, 0.05) is 13.1 Å². The molecule has 2 rings (SSSR count). The van der Waals surface area contributed by atoms with Crippen LogP contribution in [0.5, 0.6) is 0 Å². The third-order valence-electron chi connectivity index (χ3n) is 4.79. The lowest BCUT2D eigenvalue weighted by Crippen LogP contribution is -2.47. The molecule has 0 aromatic rings. The van der Waals surface area contributed by atoms with Crippen molar-refractivity contribution in [2.24, 2.45) is 5.41 Å². The maximum Gasteiger partial charge on any atom is 0.309 e. The molecule has 1 saturated heterocycles. The SMILES string of the molecule is CCC1(C(=O)O)CCN(CC(=O)N(C)C2CC2)CC1. The summed E-state index contributed by atoms with van der Waals surface area (Å²) in [5, 5.41) is 9.33. The first-order valence-corrected chi connectivity index (χ1v) is 7.20. The largest absolute Gasteiger partial charge is 0.481 e. The molecule has 5 nitrogen and oxygen atoms in total. The molecule has 0 atom stereocenters. The van der Waals surface area contributed by atoms with E-state index in [2.05, 4.69) is 4.90 Å². The number of piperidine rings is 1. The van der Waals surface area contributed by atoms with Crippen LogP contribution in [-0.2, 0) is 9.59 Å². The van der Waals surface area contributed by atoms with E-state index >= 15 is 0 Å². The molecule has 1 aliphatic carbocycles. The van der Waals surface area contributed by atoms with Gasteiger partial charge in [0.15, 0.2) is 0 Å². The number of hydrogen-bond acceptors (Lipinski definition) is 3. The van der Waals surface area contributed by atoms with E-state index in [0.29, 0.717) is 44.9 Å². The number of carboxylic acid groups (broad SMARTS) is 1. The number of carbonyl (C=O) groups excluding carboxylic acids is 1. The minimum absolute atomic E-state index is 0.168. The van der Waals surface area contributed by atoms with Gasteiger partial charge in [-0.05, 0) is 45.2 Å². The number of carbonyl (C=O) groups is 2. The van der Waals surface area contributed by atoms with Gasteiger partial charge in [0.25, 0.3) is 0 Å². The average molecular weight is 268 g/mol. The smallest absolute Gasteiger partial charge is 0.309 e. The third-order valence-corrected chi connectivity index (χ3v) is 4.79. The first-order valence-electron chi connectivity index (χ1n) is 7.20. The number of nitrogens with zero attached hydrogens (tertiary/aromatic N) is 2. The van der Waals surface area contributed by atoms with Crippen molar-refractivity contribution >= 4 is 11.9 Å². The normalized spacial score (nSPS) is 23.1. The Hall–Kier alpha value is -1.10. The average Bonchev–Trinajstić information content (AvgIpc) is 3.23. The van der Waals surface area contributed by atoms with Gasteiger partial charge in [-0.15, -0.1) is 0 Å². The molecule has 1 saturated carbocycles. The summed E-state index contributed by atoms with van der Waals surface area (Å²) in [6, 6.07) is 0.450. The van der Waals surface area contributed by atoms with Crippen LogP contribution in [0.4, 0.5) is 0 Å². The van der Waals surface area contributed by atoms with Gasteiger partial charge in [-0.25, -0.2) is 0 Å². The Balaban J connectivity index is 1.82. The molecule has 0 bridgehead atoms. The number of aliphatic carboxylic acids is 1. The lowest BCUT2D eigenvalue weighted by molar-refractivity contribution is -0.152. The van der Waals surface area contributed by atoms with Gasteiger partial charge >= 0.3 is 5.97 Å². The van der Waals surface area contributed by atoms with Crippen LogP contribution in [0, 0.1) is 5.41 Å². The van der Waals surface area contributed by atoms with Gasteiger partial charge in [0.05, 0.1) is 12.0 Å². The summed E-state index contributed by atoms with van der Waals surface area (Å²) >= 11 is 0. The zero-order valence-corrected chi connectivity index (χ0v) is 11.9. The van der Waals surface area contributed by atoms with Crippen LogP contribution < -0.4 is 0 Å². The van der Waals surface area contributed by atoms with Crippen LogP contribution in [0.25, 0.3) is 0 Å². The van der Waals surface area contributed by atoms with Crippen LogP contribution in [0.3, 0.4) is 0 Å². The fourth-order valence-corrected chi connectivity index (χ4v) is 2.83. The Morgan fingerprint density at radius 3 is 2.32 bits per heavy atom. The quantitative estimate of drug-likeness (QED) is 0.813. The second kappa shape index (κ2) is 5.49. The molecule has 0 aromatic carbocycles. The number of likely N-dealkylation sites (N-methyl/N-ethyl adjacent to an activating group) is 1. The van der Waals surface area contributed by atoms with Crippen molar-refractivity contribution in [3.8, 4) is 0 Å². The molecule has 1 N–H and O–H groups in total. The number of likely N-dealkylation sites (tertiary alicyclic amines) is 1. The molecular weight excluding hydrogens is 244 g/mol. The minimum atomic E-state index is -0.684. The summed E-state index contributed by atoms with van der Waals surface area (Å²) in [5.74, 6) is -0.516. The lowest BCUT2D eigenvalue weighted by atomic mass is 9.76. The van der Waals surface area contributed by atoms with Crippen molar-refractivity contribution in [3.05, 3.63) is 0 Å². The van der Waals surface area contributed by atoms with Gasteiger partial charge in [-0.2, -0.15) is 0 Å². The van der Waals surface area contributed by atoms with Crippen molar-refractivity contribution in [2.75, 3.05) is 26.7 Å². The zero-order chi connectivity index (χ0) is 14.0. The van der Waals surface area contributed by atoms with E-state index in [0.717, 1.165) is 12.8 Å². The van der Waals surface area contributed by atoms with Gasteiger partial charge in [0.1, 0.15) is 0 Å². The van der Waals surface area contributed by atoms with Gasteiger partial charge in [-0.3, -0.25) is 14.5 Å². The Kier molecular flexibility index (Phi) is 4.13. The molecule has 2 aliphatic rings. The van der Waals surface area contributed by atoms with Crippen molar-refractivity contribution in [3.63, 3.8) is 0 Å². The van der Waals surface area contributed by atoms with Crippen molar-refractivity contribution in [1.82, 2.24) is 9.80 Å². The molecule has 1 aliphatic heterocycles. The Bertz CT molecular complexity index is 358. The molecule has 0 unspecified atom stereocenters. The maximum atomic E-state index is 12.0. The Labute approximate surface area is 114 Å². The molecule has 0 aromatic heterocycles. The molecule has 2 fully saturated rings. The number of rotatable bonds is 5. The molecule has 1 heterocycles. The number of carboxylic acids is 1. The van der Waals surface area contributed by atoms with Gasteiger partial charge in [-0.1, -0.05) is 6.92 Å². The van der Waals surface area contributed by atoms with Crippen molar-refractivity contribution < 1.29 is 14.7 Å². The van der Waals surface area contributed by atoms with Crippen molar-refractivity contribution in [2.45, 2.75) is 45.1 Å². The monoisotopic (exact) mass is 268 g/mol. The van der Waals surface area contributed by atoms with Crippen LogP contribution >= 0.6 is 0 Å². The molecule has 108 valence electrons. The van der Waals surface area contributed by atoms with Crippen LogP contribution in [-0.4, -0.2) is 59.5 Å². The summed E-state index contributed by atoms with van der Waals surface area (Å²) < 4.78 is 0. The van der Waals surface area contributed by atoms with E-state index in [4.69, 9.17) is 0 Å². The molecular formula is C14H24N2O3. The summed E-state index contributed by atoms with van der Waals surface area (Å²) in [7, 11) is 1.87. The number of amides is 1. The predicted molar refractivity (Wildman–Crippen MR) is 71.8 cm³/mol. The Morgan fingerprint density at radius 2 is 1.89 bits per heavy atom. The highest BCUT2D eigenvalue weighted by molar-refractivity contribution is 5.79. The topological polar surface area (TPSA) is 60.9 Å². The Morgan fingerprint density at radius 1 is 1.32 bits per heavy atom. The van der Waals surface area contributed by atoms with Crippen molar-refractivity contribution in [1.29, 1.82) is 0 Å². The van der Waals surface area contributed by atoms with E-state index in [1.165, 1.54) is 0 Å². The maximum absolute atomic E-state index is 12.0. The second-order valence-electron chi connectivity index (χ2n) is 5.95. The van der Waals surface area contributed by atoms with Crippen LogP contribution in [0.2, 0.25) is 0 Å². The summed E-state index contributed by atoms with van der Waals surface area (Å²) in [6.45, 7) is 3.80. The molecule has 1 amide bonds. The molecule has 0 spiro atoms. The van der Waals surface area contributed by atoms with E-state index in [9.17, 15) is 14.7 Å². The first kappa shape index (κ1) is 14.3. The molecule has 0 radical (unpaired) electrons. The standard InChI is InChI=1S/C14H24N2O3/c1-3-14(13(18)19)6-8-16(9-7-14)10-12(17)15(2)11-4-5-11/h11H,3-10H2,1-2H3,(H,18,19). The first-order chi connectivity index (χ1) is 8.98. The van der Waals surface area contributed by atoms with E-state index in [1.54, 1.807) is 0 Å². The highest BCUT2D eigenvalue weighted by Gasteiger charge is 2.40. The lowest BCUT2D eigenvalue weighted by Gasteiger charge is -2.38. The van der Waals surface area contributed by atoms with E-state index in [-0.39, 0.29) is 5.91 Å². The summed E-state index contributed by atoms with van der Waals surface area (Å²) in [5.41, 5.74) is -0.568.